The predicted octanol–water partition coefficient (Wildman–Crippen LogP) is 2.04. The van der Waals surface area contributed by atoms with Gasteiger partial charge >= 0.3 is 23.9 Å². The quantitative estimate of drug-likeness (QED) is 0.288. The third-order valence-corrected chi connectivity index (χ3v) is 4.93. The highest BCUT2D eigenvalue weighted by molar-refractivity contribution is 9.08. The first-order chi connectivity index (χ1) is 15.1. The summed E-state index contributed by atoms with van der Waals surface area (Å²) in [6.45, 7) is 4.36. The van der Waals surface area contributed by atoms with Gasteiger partial charge in [0.25, 0.3) is 0 Å². The molecule has 1 fully saturated rings. The Balaban J connectivity index is 2.42. The number of carbonyl (C=O) groups excluding carboxylic acids is 4. The Morgan fingerprint density at radius 1 is 0.812 bits per heavy atom. The summed E-state index contributed by atoms with van der Waals surface area (Å²) < 4.78 is 32.8. The lowest BCUT2D eigenvalue weighted by atomic mass is 9.98. The van der Waals surface area contributed by atoms with Crippen LogP contribution in [0, 0.1) is 0 Å². The van der Waals surface area contributed by atoms with Gasteiger partial charge in [0.1, 0.15) is 18.5 Å². The second-order valence-electron chi connectivity index (χ2n) is 6.96. The van der Waals surface area contributed by atoms with Crippen molar-refractivity contribution < 1.29 is 47.6 Å². The molecule has 5 atom stereocenters. The fourth-order valence-corrected chi connectivity index (χ4v) is 3.45. The Kier molecular flexibility index (Phi) is 9.45. The molecular weight excluding hydrogens is 492 g/mol. The second-order valence-corrected chi connectivity index (χ2v) is 7.52. The number of halogens is 1. The maximum absolute atomic E-state index is 11.8. The van der Waals surface area contributed by atoms with E-state index in [2.05, 4.69) is 15.9 Å². The molecule has 32 heavy (non-hydrogen) atoms. The second kappa shape index (κ2) is 11.8. The van der Waals surface area contributed by atoms with Crippen LogP contribution in [-0.4, -0.2) is 61.2 Å². The van der Waals surface area contributed by atoms with Gasteiger partial charge < -0.3 is 28.4 Å². The number of rotatable bonds is 8. The average molecular weight is 517 g/mol. The molecule has 1 aromatic carbocycles. The summed E-state index contributed by atoms with van der Waals surface area (Å²) in [5.74, 6) is -2.31. The summed E-state index contributed by atoms with van der Waals surface area (Å²) in [6.07, 6.45) is -6.10. The van der Waals surface area contributed by atoms with E-state index in [1.165, 1.54) is 13.8 Å². The predicted molar refractivity (Wildman–Crippen MR) is 112 cm³/mol. The van der Waals surface area contributed by atoms with Crippen molar-refractivity contribution in [2.45, 2.75) is 63.7 Å². The van der Waals surface area contributed by atoms with Crippen molar-refractivity contribution in [2.24, 2.45) is 0 Å². The molecule has 0 unspecified atom stereocenters. The largest absolute Gasteiger partial charge is 0.463 e. The molecule has 176 valence electrons. The Bertz CT molecular complexity index is 824. The molecule has 10 nitrogen and oxygen atoms in total. The topological polar surface area (TPSA) is 124 Å². The number of esters is 4. The van der Waals surface area contributed by atoms with Crippen LogP contribution in [0.5, 0.6) is 5.75 Å². The molecular formula is C21H25BrO10. The molecule has 1 saturated heterocycles. The molecule has 0 spiro atoms. The molecule has 1 aliphatic rings. The molecule has 0 radical (unpaired) electrons. The molecule has 0 bridgehead atoms. The summed E-state index contributed by atoms with van der Waals surface area (Å²) in [4.78, 5) is 46.7. The number of hydrogen-bond donors (Lipinski definition) is 0. The highest BCUT2D eigenvalue weighted by Gasteiger charge is 2.53. The number of benzene rings is 1. The van der Waals surface area contributed by atoms with E-state index in [1.807, 2.05) is 12.1 Å². The number of alkyl halides is 1. The summed E-state index contributed by atoms with van der Waals surface area (Å²) in [5, 5.41) is 0.645. The molecule has 1 aliphatic heterocycles. The van der Waals surface area contributed by atoms with Crippen LogP contribution in [0.4, 0.5) is 0 Å². The minimum atomic E-state index is -1.28. The van der Waals surface area contributed by atoms with Gasteiger partial charge in [-0.2, -0.15) is 0 Å². The number of carbonyl (C=O) groups is 4. The van der Waals surface area contributed by atoms with Crippen LogP contribution in [0.25, 0.3) is 0 Å². The van der Waals surface area contributed by atoms with Crippen LogP contribution in [0.1, 0.15) is 33.3 Å². The van der Waals surface area contributed by atoms with E-state index in [0.717, 1.165) is 19.4 Å². The Morgan fingerprint density at radius 2 is 1.34 bits per heavy atom. The zero-order valence-electron chi connectivity index (χ0n) is 18.1. The summed E-state index contributed by atoms with van der Waals surface area (Å²) in [7, 11) is 0. The van der Waals surface area contributed by atoms with Crippen LogP contribution in [0.2, 0.25) is 0 Å². The molecule has 0 amide bonds. The monoisotopic (exact) mass is 516 g/mol. The van der Waals surface area contributed by atoms with Gasteiger partial charge in [-0.25, -0.2) is 0 Å². The van der Waals surface area contributed by atoms with E-state index in [-0.39, 0.29) is 6.61 Å². The molecule has 0 N–H and O–H groups in total. The zero-order valence-corrected chi connectivity index (χ0v) is 19.7. The first kappa shape index (κ1) is 25.6. The Labute approximate surface area is 193 Å². The van der Waals surface area contributed by atoms with E-state index < -0.39 is 54.6 Å². The summed E-state index contributed by atoms with van der Waals surface area (Å²) in [5.41, 5.74) is 0.999. The van der Waals surface area contributed by atoms with Gasteiger partial charge in [0.05, 0.1) is 0 Å². The van der Waals surface area contributed by atoms with Gasteiger partial charge in [-0.1, -0.05) is 28.1 Å². The molecule has 11 heteroatoms. The number of ether oxygens (including phenoxy) is 6. The third kappa shape index (κ3) is 7.49. The van der Waals surface area contributed by atoms with Crippen molar-refractivity contribution in [1.29, 1.82) is 0 Å². The van der Waals surface area contributed by atoms with Crippen LogP contribution in [0.15, 0.2) is 24.3 Å². The standard InChI is InChI=1S/C21H25BrO10/c1-11(23)27-10-17-18(28-12(2)24)19(29-13(3)25)20(30-14(4)26)21(32-17)31-16-7-5-15(9-22)6-8-16/h5-8,17-21H,9-10H2,1-4H3/t17-,18+,19+,20-,21-/m1/s1. The fraction of sp³-hybridized carbons (Fsp3) is 0.524. The van der Waals surface area contributed by atoms with Crippen LogP contribution < -0.4 is 4.74 Å². The molecule has 0 saturated carbocycles. The van der Waals surface area contributed by atoms with Gasteiger partial charge in [-0.15, -0.1) is 0 Å². The zero-order chi connectivity index (χ0) is 23.8. The number of hydrogen-bond acceptors (Lipinski definition) is 10. The Morgan fingerprint density at radius 3 is 1.84 bits per heavy atom. The van der Waals surface area contributed by atoms with Gasteiger partial charge in [0.2, 0.25) is 12.4 Å². The van der Waals surface area contributed by atoms with Crippen molar-refractivity contribution in [3.63, 3.8) is 0 Å². The molecule has 1 aromatic rings. The van der Waals surface area contributed by atoms with Gasteiger partial charge in [-0.05, 0) is 17.7 Å². The normalized spacial score (nSPS) is 24.7. The average Bonchev–Trinajstić information content (AvgIpc) is 2.70. The maximum atomic E-state index is 11.8. The van der Waals surface area contributed by atoms with Crippen LogP contribution in [0.3, 0.4) is 0 Å². The van der Waals surface area contributed by atoms with Gasteiger partial charge in [0, 0.05) is 33.0 Å². The Hall–Kier alpha value is -2.66. The van der Waals surface area contributed by atoms with Gasteiger partial charge in [0.15, 0.2) is 12.2 Å². The van der Waals surface area contributed by atoms with Crippen molar-refractivity contribution in [2.75, 3.05) is 6.61 Å². The van der Waals surface area contributed by atoms with E-state index in [1.54, 1.807) is 12.1 Å². The molecule has 0 aromatic heterocycles. The van der Waals surface area contributed by atoms with E-state index in [9.17, 15) is 19.2 Å². The summed E-state index contributed by atoms with van der Waals surface area (Å²) in [6, 6.07) is 7.00. The highest BCUT2D eigenvalue weighted by Crippen LogP contribution is 2.31. The lowest BCUT2D eigenvalue weighted by molar-refractivity contribution is -0.288. The first-order valence-electron chi connectivity index (χ1n) is 9.72. The smallest absolute Gasteiger partial charge is 0.303 e. The van der Waals surface area contributed by atoms with Crippen molar-refractivity contribution in [3.05, 3.63) is 29.8 Å². The summed E-state index contributed by atoms with van der Waals surface area (Å²) >= 11 is 3.36. The molecule has 0 aliphatic carbocycles. The maximum Gasteiger partial charge on any atom is 0.303 e. The minimum absolute atomic E-state index is 0.319. The van der Waals surface area contributed by atoms with Crippen molar-refractivity contribution in [1.82, 2.24) is 0 Å². The molecule has 1 heterocycles. The SMILES string of the molecule is CC(=O)OC[C@H]1O[C@@H](Oc2ccc(CBr)cc2)[C@H](OC(C)=O)[C@@H](OC(C)=O)[C@H]1OC(C)=O. The van der Waals surface area contributed by atoms with Crippen LogP contribution in [-0.2, 0) is 48.2 Å². The lowest BCUT2D eigenvalue weighted by Crippen LogP contribution is -2.63. The third-order valence-electron chi connectivity index (χ3n) is 4.28. The van der Waals surface area contributed by atoms with Crippen molar-refractivity contribution in [3.8, 4) is 5.75 Å². The van der Waals surface area contributed by atoms with E-state index >= 15 is 0 Å². The highest BCUT2D eigenvalue weighted by atomic mass is 79.9. The van der Waals surface area contributed by atoms with E-state index in [0.29, 0.717) is 11.1 Å². The van der Waals surface area contributed by atoms with Crippen molar-refractivity contribution >= 4 is 39.8 Å². The fourth-order valence-electron chi connectivity index (χ4n) is 3.07. The lowest BCUT2D eigenvalue weighted by Gasteiger charge is -2.43. The van der Waals surface area contributed by atoms with E-state index in [4.69, 9.17) is 28.4 Å². The van der Waals surface area contributed by atoms with Gasteiger partial charge in [-0.3, -0.25) is 19.2 Å². The minimum Gasteiger partial charge on any atom is -0.463 e. The first-order valence-corrected chi connectivity index (χ1v) is 10.8. The molecule has 2 rings (SSSR count). The van der Waals surface area contributed by atoms with Crippen LogP contribution >= 0.6 is 15.9 Å².